The quantitative estimate of drug-likeness (QED) is 0.556. The molecule has 1 N–H and O–H groups in total. The summed E-state index contributed by atoms with van der Waals surface area (Å²) in [6, 6.07) is 19.2. The highest BCUT2D eigenvalue weighted by Gasteiger charge is 2.28. The lowest BCUT2D eigenvalue weighted by Crippen LogP contribution is -2.41. The third kappa shape index (κ3) is 5.46. The zero-order chi connectivity index (χ0) is 22.6. The molecule has 1 amide bonds. The van der Waals surface area contributed by atoms with Crippen LogP contribution in [0.15, 0.2) is 71.6 Å². The maximum absolute atomic E-state index is 13.5. The van der Waals surface area contributed by atoms with Crippen molar-refractivity contribution >= 4 is 33.2 Å². The Morgan fingerprint density at radius 1 is 0.935 bits per heavy atom. The minimum absolute atomic E-state index is 0.143. The lowest BCUT2D eigenvalue weighted by atomic mass is 10.1. The zero-order valence-electron chi connectivity index (χ0n) is 17.7. The van der Waals surface area contributed by atoms with E-state index in [0.29, 0.717) is 10.7 Å². The number of benzene rings is 3. The summed E-state index contributed by atoms with van der Waals surface area (Å²) in [6.45, 7) is 5.61. The van der Waals surface area contributed by atoms with Gasteiger partial charge in [-0.2, -0.15) is 0 Å². The molecule has 0 unspecified atom stereocenters. The number of halogens is 1. The Hall–Kier alpha value is -2.83. The fourth-order valence-electron chi connectivity index (χ4n) is 3.13. The molecule has 0 spiro atoms. The van der Waals surface area contributed by atoms with E-state index in [1.54, 1.807) is 48.5 Å². The Morgan fingerprint density at radius 2 is 1.58 bits per heavy atom. The second-order valence-corrected chi connectivity index (χ2v) is 9.75. The molecule has 0 radical (unpaired) electrons. The predicted molar refractivity (Wildman–Crippen MR) is 125 cm³/mol. The number of rotatable bonds is 7. The lowest BCUT2D eigenvalue weighted by molar-refractivity contribution is -0.119. The summed E-state index contributed by atoms with van der Waals surface area (Å²) < 4.78 is 28.1. The minimum Gasteiger partial charge on any atom is -0.350 e. The summed E-state index contributed by atoms with van der Waals surface area (Å²) in [6.07, 6.45) is 0. The molecule has 0 heterocycles. The number of carbonyl (C=O) groups is 1. The average molecular weight is 457 g/mol. The predicted octanol–water partition coefficient (Wildman–Crippen LogP) is 4.78. The van der Waals surface area contributed by atoms with Crippen molar-refractivity contribution in [2.45, 2.75) is 32.2 Å². The highest BCUT2D eigenvalue weighted by molar-refractivity contribution is 7.92. The molecule has 3 rings (SSSR count). The van der Waals surface area contributed by atoms with E-state index in [1.807, 2.05) is 39.0 Å². The molecule has 0 aliphatic rings. The Balaban J connectivity index is 1.90. The maximum atomic E-state index is 13.5. The van der Waals surface area contributed by atoms with Gasteiger partial charge < -0.3 is 5.32 Å². The fourth-order valence-corrected chi connectivity index (χ4v) is 4.74. The minimum atomic E-state index is -3.94. The summed E-state index contributed by atoms with van der Waals surface area (Å²) in [5, 5.41) is 3.41. The molecule has 7 heteroatoms. The van der Waals surface area contributed by atoms with Crippen LogP contribution < -0.4 is 9.62 Å². The van der Waals surface area contributed by atoms with Gasteiger partial charge in [0.1, 0.15) is 6.54 Å². The molecule has 0 saturated heterocycles. The third-order valence-corrected chi connectivity index (χ3v) is 7.17. The van der Waals surface area contributed by atoms with Crippen LogP contribution in [0, 0.1) is 20.8 Å². The standard InChI is InChI=1S/C24H25ClN2O3S/c1-17-7-13-22(14-8-17)31(29,30)27(23-6-4-5-18(2)19(23)3)16-24(28)26-15-20-9-11-21(25)12-10-20/h4-14H,15-16H2,1-3H3,(H,26,28). The number of hydrogen-bond donors (Lipinski definition) is 1. The monoisotopic (exact) mass is 456 g/mol. The molecular formula is C24H25ClN2O3S. The molecule has 0 aliphatic carbocycles. The van der Waals surface area contributed by atoms with Crippen molar-refractivity contribution in [2.75, 3.05) is 10.8 Å². The fraction of sp³-hybridized carbons (Fsp3) is 0.208. The molecule has 3 aromatic rings. The molecular weight excluding hydrogens is 432 g/mol. The molecule has 31 heavy (non-hydrogen) atoms. The second kappa shape index (κ2) is 9.54. The molecule has 0 aromatic heterocycles. The first kappa shape index (κ1) is 22.8. The van der Waals surface area contributed by atoms with Crippen LogP contribution in [0.5, 0.6) is 0 Å². The number of aryl methyl sites for hydroxylation is 2. The third-order valence-electron chi connectivity index (χ3n) is 5.14. The van der Waals surface area contributed by atoms with Gasteiger partial charge in [0.2, 0.25) is 5.91 Å². The molecule has 5 nitrogen and oxygen atoms in total. The van der Waals surface area contributed by atoms with Crippen molar-refractivity contribution in [1.82, 2.24) is 5.32 Å². The number of sulfonamides is 1. The van der Waals surface area contributed by atoms with Crippen LogP contribution in [0.25, 0.3) is 0 Å². The van der Waals surface area contributed by atoms with E-state index in [0.717, 1.165) is 22.3 Å². The van der Waals surface area contributed by atoms with Crippen LogP contribution in [-0.2, 0) is 21.4 Å². The summed E-state index contributed by atoms with van der Waals surface area (Å²) in [5.74, 6) is -0.397. The molecule has 0 saturated carbocycles. The van der Waals surface area contributed by atoms with Gasteiger partial charge in [0.15, 0.2) is 0 Å². The topological polar surface area (TPSA) is 66.5 Å². The van der Waals surface area contributed by atoms with Crippen molar-refractivity contribution in [3.63, 3.8) is 0 Å². The van der Waals surface area contributed by atoms with Crippen LogP contribution >= 0.6 is 11.6 Å². The van der Waals surface area contributed by atoms with E-state index in [2.05, 4.69) is 5.32 Å². The summed E-state index contributed by atoms with van der Waals surface area (Å²) in [7, 11) is -3.94. The van der Waals surface area contributed by atoms with Gasteiger partial charge in [-0.25, -0.2) is 8.42 Å². The van der Waals surface area contributed by atoms with E-state index in [-0.39, 0.29) is 18.0 Å². The Kier molecular flexibility index (Phi) is 7.03. The Bertz CT molecular complexity index is 1170. The van der Waals surface area contributed by atoms with Crippen molar-refractivity contribution in [2.24, 2.45) is 0 Å². The lowest BCUT2D eigenvalue weighted by Gasteiger charge is -2.26. The number of nitrogens with zero attached hydrogens (tertiary/aromatic N) is 1. The van der Waals surface area contributed by atoms with Gasteiger partial charge in [0.25, 0.3) is 10.0 Å². The zero-order valence-corrected chi connectivity index (χ0v) is 19.3. The number of carbonyl (C=O) groups excluding carboxylic acids is 1. The number of hydrogen-bond acceptors (Lipinski definition) is 3. The van der Waals surface area contributed by atoms with E-state index >= 15 is 0 Å². The first-order valence-electron chi connectivity index (χ1n) is 9.85. The largest absolute Gasteiger partial charge is 0.350 e. The molecule has 0 bridgehead atoms. The Morgan fingerprint density at radius 3 is 2.23 bits per heavy atom. The highest BCUT2D eigenvalue weighted by Crippen LogP contribution is 2.28. The molecule has 0 fully saturated rings. The van der Waals surface area contributed by atoms with Crippen LogP contribution in [0.2, 0.25) is 5.02 Å². The van der Waals surface area contributed by atoms with Gasteiger partial charge in [-0.1, -0.05) is 53.6 Å². The van der Waals surface area contributed by atoms with Crippen LogP contribution in [0.3, 0.4) is 0 Å². The van der Waals surface area contributed by atoms with Gasteiger partial charge >= 0.3 is 0 Å². The van der Waals surface area contributed by atoms with Gasteiger partial charge in [0.05, 0.1) is 10.6 Å². The average Bonchev–Trinajstić information content (AvgIpc) is 2.74. The summed E-state index contributed by atoms with van der Waals surface area (Å²) in [5.41, 5.74) is 4.07. The molecule has 3 aromatic carbocycles. The number of anilines is 1. The maximum Gasteiger partial charge on any atom is 0.264 e. The second-order valence-electron chi connectivity index (χ2n) is 7.45. The molecule has 0 atom stereocenters. The van der Waals surface area contributed by atoms with Crippen molar-refractivity contribution in [3.05, 3.63) is 94.0 Å². The number of amides is 1. The SMILES string of the molecule is Cc1ccc(S(=O)(=O)N(CC(=O)NCc2ccc(Cl)cc2)c2cccc(C)c2C)cc1. The molecule has 162 valence electrons. The highest BCUT2D eigenvalue weighted by atomic mass is 35.5. The van der Waals surface area contributed by atoms with Crippen LogP contribution in [-0.4, -0.2) is 20.9 Å². The first-order valence-corrected chi connectivity index (χ1v) is 11.7. The first-order chi connectivity index (χ1) is 14.7. The van der Waals surface area contributed by atoms with Crippen molar-refractivity contribution < 1.29 is 13.2 Å². The smallest absolute Gasteiger partial charge is 0.264 e. The van der Waals surface area contributed by atoms with Crippen LogP contribution in [0.1, 0.15) is 22.3 Å². The van der Waals surface area contributed by atoms with Gasteiger partial charge in [-0.05, 0) is 67.8 Å². The van der Waals surface area contributed by atoms with Gasteiger partial charge in [-0.15, -0.1) is 0 Å². The van der Waals surface area contributed by atoms with E-state index < -0.39 is 15.9 Å². The normalized spacial score (nSPS) is 11.2. The summed E-state index contributed by atoms with van der Waals surface area (Å²) >= 11 is 5.90. The van der Waals surface area contributed by atoms with E-state index in [1.165, 1.54) is 4.31 Å². The molecule has 0 aliphatic heterocycles. The van der Waals surface area contributed by atoms with Gasteiger partial charge in [0, 0.05) is 11.6 Å². The van der Waals surface area contributed by atoms with E-state index in [9.17, 15) is 13.2 Å². The van der Waals surface area contributed by atoms with Crippen molar-refractivity contribution in [3.8, 4) is 0 Å². The van der Waals surface area contributed by atoms with E-state index in [4.69, 9.17) is 11.6 Å². The van der Waals surface area contributed by atoms with Crippen molar-refractivity contribution in [1.29, 1.82) is 0 Å². The van der Waals surface area contributed by atoms with Crippen LogP contribution in [0.4, 0.5) is 5.69 Å². The van der Waals surface area contributed by atoms with Gasteiger partial charge in [-0.3, -0.25) is 9.10 Å². The Labute approximate surface area is 188 Å². The summed E-state index contributed by atoms with van der Waals surface area (Å²) in [4.78, 5) is 12.9. The number of nitrogens with one attached hydrogen (secondary N) is 1.